The molecule has 4 heteroatoms. The molecule has 3 aromatic rings. The molecule has 0 unspecified atom stereocenters. The van der Waals surface area contributed by atoms with Crippen molar-refractivity contribution in [3.8, 4) is 0 Å². The Hall–Kier alpha value is -2.10. The number of hydrogen-bond donors (Lipinski definition) is 2. The second-order valence-electron chi connectivity index (χ2n) is 3.42. The molecule has 0 spiro atoms. The van der Waals surface area contributed by atoms with Crippen LogP contribution in [0, 0.1) is 5.82 Å². The zero-order valence-electron chi connectivity index (χ0n) is 7.67. The van der Waals surface area contributed by atoms with Crippen molar-refractivity contribution in [2.24, 2.45) is 0 Å². The highest BCUT2D eigenvalue weighted by Crippen LogP contribution is 2.26. The van der Waals surface area contributed by atoms with E-state index in [1.165, 1.54) is 6.07 Å². The Morgan fingerprint density at radius 3 is 2.87 bits per heavy atom. The summed E-state index contributed by atoms with van der Waals surface area (Å²) >= 11 is 0. The van der Waals surface area contributed by atoms with Crippen LogP contribution in [0.15, 0.2) is 24.3 Å². The molecule has 0 atom stereocenters. The average Bonchev–Trinajstić information content (AvgIpc) is 2.76. The van der Waals surface area contributed by atoms with E-state index in [1.54, 1.807) is 12.1 Å². The van der Waals surface area contributed by atoms with Crippen LogP contribution < -0.4 is 0 Å². The normalized spacial score (nSPS) is 11.3. The van der Waals surface area contributed by atoms with Crippen molar-refractivity contribution in [1.82, 2.24) is 9.97 Å². The fourth-order valence-corrected chi connectivity index (χ4v) is 1.84. The second kappa shape index (κ2) is 2.70. The number of hydrogen-bond acceptors (Lipinski definition) is 1. The number of carbonyl (C=O) groups is 1. The Kier molecular flexibility index (Phi) is 1.48. The highest BCUT2D eigenvalue weighted by atomic mass is 19.1. The van der Waals surface area contributed by atoms with Crippen LogP contribution >= 0.6 is 0 Å². The smallest absolute Gasteiger partial charge is 0.166 e. The number of carbonyl (C=O) groups excluding carboxylic acids is 1. The molecule has 2 heterocycles. The third-order valence-electron chi connectivity index (χ3n) is 2.51. The predicted octanol–water partition coefficient (Wildman–Crippen LogP) is 2.60. The lowest BCUT2D eigenvalue weighted by atomic mass is 10.2. The van der Waals surface area contributed by atoms with Crippen molar-refractivity contribution in [2.75, 3.05) is 0 Å². The molecule has 0 aliphatic rings. The minimum Gasteiger partial charge on any atom is -0.351 e. The fourth-order valence-electron chi connectivity index (χ4n) is 1.84. The van der Waals surface area contributed by atoms with Gasteiger partial charge in [0.1, 0.15) is 5.82 Å². The molecule has 0 saturated carbocycles. The molecule has 0 fully saturated rings. The van der Waals surface area contributed by atoms with Crippen molar-refractivity contribution >= 4 is 28.2 Å². The van der Waals surface area contributed by atoms with Crippen LogP contribution in [0.1, 0.15) is 10.5 Å². The minimum absolute atomic E-state index is 0.287. The van der Waals surface area contributed by atoms with Crippen LogP contribution in [0.2, 0.25) is 0 Å². The summed E-state index contributed by atoms with van der Waals surface area (Å²) in [7, 11) is 0. The molecule has 0 radical (unpaired) electrons. The summed E-state index contributed by atoms with van der Waals surface area (Å²) in [6.07, 6.45) is 0.735. The topological polar surface area (TPSA) is 48.6 Å². The first-order valence-corrected chi connectivity index (χ1v) is 4.53. The van der Waals surface area contributed by atoms with E-state index in [4.69, 9.17) is 0 Å². The highest BCUT2D eigenvalue weighted by Gasteiger charge is 2.09. The molecule has 1 aromatic carbocycles. The zero-order valence-corrected chi connectivity index (χ0v) is 7.67. The molecular weight excluding hydrogens is 195 g/mol. The largest absolute Gasteiger partial charge is 0.351 e. The van der Waals surface area contributed by atoms with Crippen LogP contribution in [0.5, 0.6) is 0 Å². The van der Waals surface area contributed by atoms with E-state index in [0.717, 1.165) is 22.7 Å². The Morgan fingerprint density at radius 2 is 2.07 bits per heavy atom. The van der Waals surface area contributed by atoms with Gasteiger partial charge in [0.25, 0.3) is 0 Å². The summed E-state index contributed by atoms with van der Waals surface area (Å²) in [6, 6.07) is 6.52. The lowest BCUT2D eigenvalue weighted by Crippen LogP contribution is -1.79. The van der Waals surface area contributed by atoms with Gasteiger partial charge in [0, 0.05) is 5.39 Å². The summed E-state index contributed by atoms with van der Waals surface area (Å²) < 4.78 is 13.4. The molecule has 0 bridgehead atoms. The predicted molar refractivity (Wildman–Crippen MR) is 55.5 cm³/mol. The summed E-state index contributed by atoms with van der Waals surface area (Å²) in [5.41, 5.74) is 2.47. The Balaban J connectivity index is 2.50. The summed E-state index contributed by atoms with van der Waals surface area (Å²) in [5, 5.41) is 0.762. The molecule has 3 rings (SSSR count). The second-order valence-corrected chi connectivity index (χ2v) is 3.42. The first-order chi connectivity index (χ1) is 7.29. The maximum absolute atomic E-state index is 13.4. The average molecular weight is 202 g/mol. The lowest BCUT2D eigenvalue weighted by molar-refractivity contribution is 0.112. The summed E-state index contributed by atoms with van der Waals surface area (Å²) in [6.45, 7) is 0. The molecule has 0 aliphatic heterocycles. The maximum Gasteiger partial charge on any atom is 0.166 e. The Morgan fingerprint density at radius 1 is 1.20 bits per heavy atom. The van der Waals surface area contributed by atoms with Gasteiger partial charge in [0.2, 0.25) is 0 Å². The van der Waals surface area contributed by atoms with E-state index in [9.17, 15) is 9.18 Å². The SMILES string of the molecule is O=Cc1cc2[nH]c3c(F)cccc3c2[nH]1. The van der Waals surface area contributed by atoms with Crippen molar-refractivity contribution in [2.45, 2.75) is 0 Å². The molecule has 74 valence electrons. The molecule has 0 amide bonds. The molecular formula is C11H7FN2O. The van der Waals surface area contributed by atoms with Crippen molar-refractivity contribution < 1.29 is 9.18 Å². The number of para-hydroxylation sites is 1. The van der Waals surface area contributed by atoms with Crippen LogP contribution in [-0.4, -0.2) is 16.3 Å². The lowest BCUT2D eigenvalue weighted by Gasteiger charge is -1.91. The molecule has 2 aromatic heterocycles. The van der Waals surface area contributed by atoms with Crippen LogP contribution in [0.3, 0.4) is 0 Å². The van der Waals surface area contributed by atoms with Gasteiger partial charge in [0.15, 0.2) is 6.29 Å². The number of H-pyrrole nitrogens is 2. The number of aromatic nitrogens is 2. The van der Waals surface area contributed by atoms with E-state index in [-0.39, 0.29) is 5.82 Å². The molecule has 3 nitrogen and oxygen atoms in total. The van der Waals surface area contributed by atoms with E-state index < -0.39 is 0 Å². The van der Waals surface area contributed by atoms with E-state index in [2.05, 4.69) is 9.97 Å². The number of benzene rings is 1. The third kappa shape index (κ3) is 1.01. The van der Waals surface area contributed by atoms with Crippen LogP contribution in [0.4, 0.5) is 4.39 Å². The number of aldehydes is 1. The van der Waals surface area contributed by atoms with Gasteiger partial charge in [-0.25, -0.2) is 4.39 Å². The number of nitrogens with one attached hydrogen (secondary N) is 2. The standard InChI is InChI=1S/C11H7FN2O/c12-8-3-1-2-7-10(8)14-9-4-6(5-15)13-11(7)9/h1-5,13-14H. The Labute approximate surface area is 83.9 Å². The summed E-state index contributed by atoms with van der Waals surface area (Å²) in [4.78, 5) is 16.4. The monoisotopic (exact) mass is 202 g/mol. The maximum atomic E-state index is 13.4. The van der Waals surface area contributed by atoms with Gasteiger partial charge in [-0.1, -0.05) is 12.1 Å². The van der Waals surface area contributed by atoms with E-state index >= 15 is 0 Å². The van der Waals surface area contributed by atoms with Crippen molar-refractivity contribution in [3.63, 3.8) is 0 Å². The number of rotatable bonds is 1. The fraction of sp³-hybridized carbons (Fsp3) is 0. The van der Waals surface area contributed by atoms with Gasteiger partial charge < -0.3 is 9.97 Å². The van der Waals surface area contributed by atoms with Crippen molar-refractivity contribution in [3.05, 3.63) is 35.8 Å². The minimum atomic E-state index is -0.287. The van der Waals surface area contributed by atoms with Gasteiger partial charge in [-0.3, -0.25) is 4.79 Å². The molecule has 2 N–H and O–H groups in total. The number of aromatic amines is 2. The number of fused-ring (bicyclic) bond motifs is 3. The van der Waals surface area contributed by atoms with Gasteiger partial charge in [-0.2, -0.15) is 0 Å². The van der Waals surface area contributed by atoms with E-state index in [0.29, 0.717) is 11.2 Å². The van der Waals surface area contributed by atoms with Crippen molar-refractivity contribution in [1.29, 1.82) is 0 Å². The van der Waals surface area contributed by atoms with Gasteiger partial charge in [-0.05, 0) is 12.1 Å². The van der Waals surface area contributed by atoms with Gasteiger partial charge >= 0.3 is 0 Å². The Bertz CT molecular complexity index is 666. The summed E-state index contributed by atoms with van der Waals surface area (Å²) in [5.74, 6) is -0.287. The number of halogens is 1. The quantitative estimate of drug-likeness (QED) is 0.585. The van der Waals surface area contributed by atoms with Crippen LogP contribution in [0.25, 0.3) is 21.9 Å². The first-order valence-electron chi connectivity index (χ1n) is 4.53. The van der Waals surface area contributed by atoms with Gasteiger partial charge in [-0.15, -0.1) is 0 Å². The molecule has 15 heavy (non-hydrogen) atoms. The third-order valence-corrected chi connectivity index (χ3v) is 2.51. The van der Waals surface area contributed by atoms with E-state index in [1.807, 2.05) is 6.07 Å². The first kappa shape index (κ1) is 8.23. The zero-order chi connectivity index (χ0) is 10.4. The van der Waals surface area contributed by atoms with Crippen LogP contribution in [-0.2, 0) is 0 Å². The van der Waals surface area contributed by atoms with Gasteiger partial charge in [0.05, 0.1) is 22.2 Å². The highest BCUT2D eigenvalue weighted by molar-refractivity contribution is 6.06. The molecule has 0 aliphatic carbocycles. The molecule has 0 saturated heterocycles.